The van der Waals surface area contributed by atoms with Crippen molar-refractivity contribution in [1.29, 1.82) is 0 Å². The Bertz CT molecular complexity index is 380. The second kappa shape index (κ2) is 5.05. The highest BCUT2D eigenvalue weighted by molar-refractivity contribution is 7.86. The van der Waals surface area contributed by atoms with Crippen LogP contribution in [0.4, 0.5) is 0 Å². The standard InChI is InChI=1S/C11H22N2O4S/c1-8-3-9(2)5-12(4-8)18(16,17)13-6-10(14)11(15)7-13/h8-11,14-15H,3-7H2,1-2H3. The first kappa shape index (κ1) is 14.2. The first-order valence-electron chi connectivity index (χ1n) is 6.42. The molecule has 4 unspecified atom stereocenters. The average Bonchev–Trinajstić information content (AvgIpc) is 2.58. The lowest BCUT2D eigenvalue weighted by molar-refractivity contribution is 0.0572. The fourth-order valence-electron chi connectivity index (χ4n) is 2.88. The van der Waals surface area contributed by atoms with Gasteiger partial charge in [0.2, 0.25) is 0 Å². The van der Waals surface area contributed by atoms with Crippen LogP contribution in [0.1, 0.15) is 20.3 Å². The molecular weight excluding hydrogens is 256 g/mol. The first-order chi connectivity index (χ1) is 8.30. The van der Waals surface area contributed by atoms with E-state index in [0.29, 0.717) is 24.9 Å². The number of nitrogens with zero attached hydrogens (tertiary/aromatic N) is 2. The predicted octanol–water partition coefficient (Wildman–Crippen LogP) is -0.753. The van der Waals surface area contributed by atoms with Crippen molar-refractivity contribution in [3.05, 3.63) is 0 Å². The molecule has 6 nitrogen and oxygen atoms in total. The summed E-state index contributed by atoms with van der Waals surface area (Å²) < 4.78 is 27.5. The minimum Gasteiger partial charge on any atom is -0.389 e. The maximum absolute atomic E-state index is 12.4. The zero-order chi connectivity index (χ0) is 13.5. The van der Waals surface area contributed by atoms with Crippen LogP contribution in [-0.2, 0) is 10.2 Å². The molecule has 2 heterocycles. The van der Waals surface area contributed by atoms with E-state index in [4.69, 9.17) is 0 Å². The number of hydrogen-bond acceptors (Lipinski definition) is 4. The van der Waals surface area contributed by atoms with E-state index in [1.807, 2.05) is 13.8 Å². The molecule has 2 rings (SSSR count). The van der Waals surface area contributed by atoms with E-state index in [1.54, 1.807) is 0 Å². The monoisotopic (exact) mass is 278 g/mol. The van der Waals surface area contributed by atoms with Gasteiger partial charge in [0.15, 0.2) is 0 Å². The molecule has 18 heavy (non-hydrogen) atoms. The smallest absolute Gasteiger partial charge is 0.282 e. The Morgan fingerprint density at radius 2 is 1.28 bits per heavy atom. The highest BCUT2D eigenvalue weighted by atomic mass is 32.2. The van der Waals surface area contributed by atoms with Crippen LogP contribution in [-0.4, -0.2) is 65.6 Å². The van der Waals surface area contributed by atoms with Gasteiger partial charge in [0, 0.05) is 26.2 Å². The Hall–Kier alpha value is -0.210. The summed E-state index contributed by atoms with van der Waals surface area (Å²) in [6, 6.07) is 0. The fourth-order valence-corrected chi connectivity index (χ4v) is 4.78. The summed E-state index contributed by atoms with van der Waals surface area (Å²) in [5.41, 5.74) is 0. The van der Waals surface area contributed by atoms with Crippen LogP contribution in [0.2, 0.25) is 0 Å². The van der Waals surface area contributed by atoms with Gasteiger partial charge in [-0.1, -0.05) is 13.8 Å². The molecule has 0 amide bonds. The molecule has 0 spiro atoms. The number of β-amino-alcohol motifs (C(OH)–C–C–N with tert-alkyl or cyclic N) is 2. The van der Waals surface area contributed by atoms with E-state index in [0.717, 1.165) is 6.42 Å². The highest BCUT2D eigenvalue weighted by Crippen LogP contribution is 2.26. The summed E-state index contributed by atoms with van der Waals surface area (Å²) in [5, 5.41) is 18.9. The largest absolute Gasteiger partial charge is 0.389 e. The van der Waals surface area contributed by atoms with Crippen molar-refractivity contribution >= 4 is 10.2 Å². The van der Waals surface area contributed by atoms with Gasteiger partial charge in [-0.05, 0) is 18.3 Å². The van der Waals surface area contributed by atoms with Crippen molar-refractivity contribution in [1.82, 2.24) is 8.61 Å². The number of aliphatic hydroxyl groups is 2. The molecule has 0 saturated carbocycles. The van der Waals surface area contributed by atoms with Crippen molar-refractivity contribution in [2.24, 2.45) is 11.8 Å². The van der Waals surface area contributed by atoms with Crippen molar-refractivity contribution in [2.45, 2.75) is 32.5 Å². The van der Waals surface area contributed by atoms with E-state index in [2.05, 4.69) is 0 Å². The van der Waals surface area contributed by atoms with Gasteiger partial charge in [0.1, 0.15) is 0 Å². The summed E-state index contributed by atoms with van der Waals surface area (Å²) in [4.78, 5) is 0. The summed E-state index contributed by atoms with van der Waals surface area (Å²) in [6.07, 6.45) is -0.907. The van der Waals surface area contributed by atoms with Gasteiger partial charge in [0.25, 0.3) is 10.2 Å². The normalized spacial score (nSPS) is 40.2. The fraction of sp³-hybridized carbons (Fsp3) is 1.00. The third-order valence-corrected chi connectivity index (χ3v) is 5.61. The molecule has 7 heteroatoms. The molecule has 2 N–H and O–H groups in total. The highest BCUT2D eigenvalue weighted by Gasteiger charge is 2.41. The Labute approximate surface area is 108 Å². The van der Waals surface area contributed by atoms with Gasteiger partial charge in [-0.15, -0.1) is 0 Å². The Morgan fingerprint density at radius 3 is 1.72 bits per heavy atom. The van der Waals surface area contributed by atoms with Gasteiger partial charge in [-0.2, -0.15) is 17.0 Å². The zero-order valence-corrected chi connectivity index (χ0v) is 11.7. The number of hydrogen-bond donors (Lipinski definition) is 2. The topological polar surface area (TPSA) is 81.1 Å². The second-order valence-electron chi connectivity index (χ2n) is 5.72. The molecule has 2 aliphatic heterocycles. The molecule has 0 bridgehead atoms. The van der Waals surface area contributed by atoms with Crippen LogP contribution in [0.25, 0.3) is 0 Å². The van der Waals surface area contributed by atoms with Gasteiger partial charge in [-0.25, -0.2) is 0 Å². The van der Waals surface area contributed by atoms with E-state index >= 15 is 0 Å². The molecule has 2 aliphatic rings. The zero-order valence-electron chi connectivity index (χ0n) is 10.9. The number of aliphatic hydroxyl groups excluding tert-OH is 2. The Morgan fingerprint density at radius 1 is 0.889 bits per heavy atom. The van der Waals surface area contributed by atoms with E-state index in [1.165, 1.54) is 8.61 Å². The van der Waals surface area contributed by atoms with Gasteiger partial charge >= 0.3 is 0 Å². The van der Waals surface area contributed by atoms with Crippen LogP contribution in [0.15, 0.2) is 0 Å². The molecule has 2 saturated heterocycles. The third kappa shape index (κ3) is 2.70. The van der Waals surface area contributed by atoms with Crippen molar-refractivity contribution in [3.8, 4) is 0 Å². The van der Waals surface area contributed by atoms with Gasteiger partial charge in [0.05, 0.1) is 12.2 Å². The molecular formula is C11H22N2O4S. The third-order valence-electron chi connectivity index (χ3n) is 3.71. The number of piperidine rings is 1. The summed E-state index contributed by atoms with van der Waals surface area (Å²) in [7, 11) is -3.55. The SMILES string of the molecule is CC1CC(C)CN(S(=O)(=O)N2CC(O)C(O)C2)C1. The van der Waals surface area contributed by atoms with E-state index < -0.39 is 22.4 Å². The molecule has 2 fully saturated rings. The molecule has 0 aromatic heterocycles. The molecule has 4 atom stereocenters. The van der Waals surface area contributed by atoms with Gasteiger partial charge in [-0.3, -0.25) is 0 Å². The lowest BCUT2D eigenvalue weighted by Gasteiger charge is -2.36. The minimum absolute atomic E-state index is 0.0111. The molecule has 0 aliphatic carbocycles. The lowest BCUT2D eigenvalue weighted by atomic mass is 9.94. The molecule has 0 radical (unpaired) electrons. The summed E-state index contributed by atoms with van der Waals surface area (Å²) in [5.74, 6) is 0.696. The van der Waals surface area contributed by atoms with E-state index in [9.17, 15) is 18.6 Å². The second-order valence-corrected chi connectivity index (χ2v) is 7.65. The van der Waals surface area contributed by atoms with Crippen LogP contribution >= 0.6 is 0 Å². The van der Waals surface area contributed by atoms with Crippen LogP contribution < -0.4 is 0 Å². The lowest BCUT2D eigenvalue weighted by Crippen LogP contribution is -2.49. The average molecular weight is 278 g/mol. The molecule has 106 valence electrons. The van der Waals surface area contributed by atoms with Crippen LogP contribution in [0, 0.1) is 11.8 Å². The summed E-state index contributed by atoms with van der Waals surface area (Å²) >= 11 is 0. The Kier molecular flexibility index (Phi) is 3.99. The van der Waals surface area contributed by atoms with Crippen LogP contribution in [0.3, 0.4) is 0 Å². The van der Waals surface area contributed by atoms with Crippen LogP contribution in [0.5, 0.6) is 0 Å². The number of rotatable bonds is 2. The van der Waals surface area contributed by atoms with Crippen molar-refractivity contribution < 1.29 is 18.6 Å². The molecule has 0 aromatic rings. The van der Waals surface area contributed by atoms with E-state index in [-0.39, 0.29) is 13.1 Å². The maximum Gasteiger partial charge on any atom is 0.282 e. The predicted molar refractivity (Wildman–Crippen MR) is 67.0 cm³/mol. The summed E-state index contributed by atoms with van der Waals surface area (Å²) in [6.45, 7) is 5.12. The molecule has 0 aromatic carbocycles. The van der Waals surface area contributed by atoms with Crippen molar-refractivity contribution in [3.63, 3.8) is 0 Å². The van der Waals surface area contributed by atoms with Crippen molar-refractivity contribution in [2.75, 3.05) is 26.2 Å². The minimum atomic E-state index is -3.55. The maximum atomic E-state index is 12.4. The first-order valence-corrected chi connectivity index (χ1v) is 7.81. The quantitative estimate of drug-likeness (QED) is 0.696. The van der Waals surface area contributed by atoms with Gasteiger partial charge < -0.3 is 10.2 Å². The Balaban J connectivity index is 2.11.